The van der Waals surface area contributed by atoms with Crippen molar-refractivity contribution in [1.82, 2.24) is 37.2 Å². The fourth-order valence-corrected chi connectivity index (χ4v) is 7.87. The van der Waals surface area contributed by atoms with Crippen molar-refractivity contribution in [2.45, 2.75) is 206 Å². The molecular formula is C50H99N17O8. The van der Waals surface area contributed by atoms with Crippen LogP contribution in [0, 0.1) is 23.7 Å². The molecular weight excluding hydrogens is 967 g/mol. The Hall–Kier alpha value is -5.82. The number of hydrogen-bond donors (Lipinski definition) is 15. The first-order valence-electron chi connectivity index (χ1n) is 27.1. The number of unbranched alkanes of at least 4 members (excludes halogenated alkanes) is 4. The summed E-state index contributed by atoms with van der Waals surface area (Å²) in [6, 6.07) is -8.98. The number of aliphatic imine (C=N–C) groups is 2. The van der Waals surface area contributed by atoms with Crippen LogP contribution in [0.3, 0.4) is 0 Å². The third-order valence-corrected chi connectivity index (χ3v) is 13.8. The number of rotatable bonds is 41. The molecule has 0 aliphatic carbocycles. The molecule has 0 saturated heterocycles. The van der Waals surface area contributed by atoms with Crippen LogP contribution < -0.4 is 83.1 Å². The fraction of sp³-hybridized carbons (Fsp3) is 0.800. The molecule has 0 rings (SSSR count). The number of guanidine groups is 2. The Labute approximate surface area is 445 Å². The van der Waals surface area contributed by atoms with E-state index >= 15 is 0 Å². The molecule has 0 aliphatic rings. The number of nitrogens with zero attached hydrogens (tertiary/aromatic N) is 2. The van der Waals surface area contributed by atoms with Crippen LogP contribution in [0.25, 0.3) is 0 Å². The highest BCUT2D eigenvalue weighted by molar-refractivity contribution is 5.98. The largest absolute Gasteiger partial charge is 0.370 e. The molecule has 0 aromatic rings. The first-order valence-corrected chi connectivity index (χ1v) is 27.1. The molecule has 0 radical (unpaired) electrons. The predicted molar refractivity (Wildman–Crippen MR) is 293 cm³/mol. The van der Waals surface area contributed by atoms with Gasteiger partial charge in [0.15, 0.2) is 11.9 Å². The average molecular weight is 1070 g/mol. The zero-order valence-electron chi connectivity index (χ0n) is 46.3. The van der Waals surface area contributed by atoms with E-state index in [4.69, 9.17) is 45.9 Å². The fourth-order valence-electron chi connectivity index (χ4n) is 7.87. The van der Waals surface area contributed by atoms with E-state index in [2.05, 4.69) is 47.2 Å². The third-order valence-electron chi connectivity index (χ3n) is 13.8. The van der Waals surface area contributed by atoms with Gasteiger partial charge in [-0.2, -0.15) is 0 Å². The van der Waals surface area contributed by atoms with Crippen molar-refractivity contribution in [3.8, 4) is 0 Å². The summed E-state index contributed by atoms with van der Waals surface area (Å²) in [7, 11) is 0. The van der Waals surface area contributed by atoms with Gasteiger partial charge in [-0.05, 0) is 88.1 Å². The summed E-state index contributed by atoms with van der Waals surface area (Å²) in [6.45, 7) is 15.7. The second-order valence-corrected chi connectivity index (χ2v) is 19.8. The Kier molecular flexibility index (Phi) is 35.7. The Morgan fingerprint density at radius 3 is 1.01 bits per heavy atom. The van der Waals surface area contributed by atoms with Gasteiger partial charge >= 0.3 is 0 Å². The topological polar surface area (TPSA) is 454 Å². The van der Waals surface area contributed by atoms with E-state index in [9.17, 15) is 38.4 Å². The summed E-state index contributed by atoms with van der Waals surface area (Å²) in [4.78, 5) is 119. The molecule has 12 atom stereocenters. The van der Waals surface area contributed by atoms with E-state index in [-0.39, 0.29) is 75.4 Å². The molecule has 75 heavy (non-hydrogen) atoms. The van der Waals surface area contributed by atoms with Crippen LogP contribution in [-0.4, -0.2) is 134 Å². The quantitative estimate of drug-likeness (QED) is 0.0189. The van der Waals surface area contributed by atoms with Gasteiger partial charge in [-0.15, -0.1) is 0 Å². The minimum atomic E-state index is -1.22. The van der Waals surface area contributed by atoms with Crippen molar-refractivity contribution in [1.29, 1.82) is 0 Å². The smallest absolute Gasteiger partial charge is 0.243 e. The molecule has 0 aromatic carbocycles. The summed E-state index contributed by atoms with van der Waals surface area (Å²) in [5.41, 5.74) is 45.4. The summed E-state index contributed by atoms with van der Waals surface area (Å²) in [5, 5.41) is 19.5. The highest BCUT2D eigenvalue weighted by atomic mass is 16.2. The van der Waals surface area contributed by atoms with Crippen molar-refractivity contribution in [3.05, 3.63) is 0 Å². The molecule has 0 saturated carbocycles. The number of carbonyl (C=O) groups is 8. The zero-order chi connectivity index (χ0) is 57.2. The van der Waals surface area contributed by atoms with E-state index in [1.54, 1.807) is 20.8 Å². The number of carbonyl (C=O) groups excluding carboxylic acids is 8. The molecule has 0 unspecified atom stereocenters. The van der Waals surface area contributed by atoms with Crippen LogP contribution >= 0.6 is 0 Å². The first kappa shape index (κ1) is 69.2. The van der Waals surface area contributed by atoms with Crippen molar-refractivity contribution in [2.75, 3.05) is 26.2 Å². The van der Waals surface area contributed by atoms with Gasteiger partial charge in [-0.3, -0.25) is 48.3 Å². The zero-order valence-corrected chi connectivity index (χ0v) is 46.3. The SMILES string of the molecule is CC[C@@H](C)[C@@H](NC(=O)[C@H](CCCCCN)NC(=O)[C@@H](CCCN=C(N)N)NC(=O)[C@H](NC(=O)[C@@H](N)[C@@H](C)CC)[C@H](C)CC)C(=O)N[C@H](C(=O)N[C@@H](CCCN=C(N)N)C(=O)N[C@@H](CCCCCN)C(N)=O)[C@@H](C)CC. The highest BCUT2D eigenvalue weighted by Gasteiger charge is 2.37. The van der Waals surface area contributed by atoms with Crippen LogP contribution in [0.15, 0.2) is 9.98 Å². The molecule has 0 fully saturated rings. The third kappa shape index (κ3) is 27.5. The van der Waals surface area contributed by atoms with Crippen LogP contribution in [0.5, 0.6) is 0 Å². The Bertz CT molecular complexity index is 1810. The molecule has 432 valence electrons. The van der Waals surface area contributed by atoms with Crippen molar-refractivity contribution in [2.24, 2.45) is 79.5 Å². The Balaban J connectivity index is 6.95. The maximum atomic E-state index is 14.5. The highest BCUT2D eigenvalue weighted by Crippen LogP contribution is 2.16. The second kappa shape index (κ2) is 38.7. The monoisotopic (exact) mass is 1070 g/mol. The van der Waals surface area contributed by atoms with Crippen LogP contribution in [-0.2, 0) is 38.4 Å². The summed E-state index contributed by atoms with van der Waals surface area (Å²) in [5.74, 6) is -7.15. The van der Waals surface area contributed by atoms with E-state index in [1.807, 2.05) is 34.6 Å². The summed E-state index contributed by atoms with van der Waals surface area (Å²) in [6.07, 6.45) is 6.71. The number of amides is 8. The Morgan fingerprint density at radius 2 is 0.667 bits per heavy atom. The van der Waals surface area contributed by atoms with Gasteiger partial charge in [0, 0.05) is 13.1 Å². The molecule has 25 nitrogen and oxygen atoms in total. The lowest BCUT2D eigenvalue weighted by Gasteiger charge is -2.31. The van der Waals surface area contributed by atoms with Gasteiger partial charge in [-0.1, -0.05) is 107 Å². The molecule has 23 N–H and O–H groups in total. The lowest BCUT2D eigenvalue weighted by atomic mass is 9.94. The molecule has 0 bridgehead atoms. The molecule has 8 amide bonds. The average Bonchev–Trinajstić information content (AvgIpc) is 3.37. The van der Waals surface area contributed by atoms with E-state index < -0.39 is 107 Å². The first-order chi connectivity index (χ1) is 35.4. The van der Waals surface area contributed by atoms with E-state index in [0.717, 1.165) is 6.42 Å². The summed E-state index contributed by atoms with van der Waals surface area (Å²) >= 11 is 0. The maximum Gasteiger partial charge on any atom is 0.243 e. The van der Waals surface area contributed by atoms with Crippen LogP contribution in [0.4, 0.5) is 0 Å². The van der Waals surface area contributed by atoms with Crippen LogP contribution in [0.2, 0.25) is 0 Å². The molecule has 25 heteroatoms. The predicted octanol–water partition coefficient (Wildman–Crippen LogP) is -1.48. The van der Waals surface area contributed by atoms with Crippen molar-refractivity contribution < 1.29 is 38.4 Å². The lowest BCUT2D eigenvalue weighted by Crippen LogP contribution is -2.62. The molecule has 0 aromatic heterocycles. The van der Waals surface area contributed by atoms with Crippen molar-refractivity contribution >= 4 is 59.2 Å². The molecule has 0 spiro atoms. The van der Waals surface area contributed by atoms with Crippen molar-refractivity contribution in [3.63, 3.8) is 0 Å². The Morgan fingerprint density at radius 1 is 0.373 bits per heavy atom. The number of hydrogen-bond acceptors (Lipinski definition) is 13. The maximum absolute atomic E-state index is 14.5. The van der Waals surface area contributed by atoms with Gasteiger partial charge in [0.25, 0.3) is 0 Å². The standard InChI is InChI=1S/C50H99N17O8/c1-9-29(5)37(53)45(72)66-38(30(6)10-2)46(73)64-36(24-20-28-60-50(57)58)43(70)62-34(22-16-14-18-26-52)44(71)65-40(32(8)12-4)48(75)67-39(31(7)11-3)47(74)63-35(23-19-27-59-49(55)56)42(69)61-33(41(54)68)21-15-13-17-25-51/h29-40H,9-28,51-53H2,1-8H3,(H2,54,68)(H,61,69)(H,62,70)(H,63,74)(H,64,73)(H,65,71)(H,66,72)(H,67,75)(H4,55,56,59)(H4,57,58,60)/t29-,30+,31-,32+,33-,34-,35-,36+,37-,38+,39-,40+/m0/s1. The van der Waals surface area contributed by atoms with E-state index in [0.29, 0.717) is 70.9 Å². The van der Waals surface area contributed by atoms with Gasteiger partial charge in [0.1, 0.15) is 42.3 Å². The molecule has 0 heterocycles. The number of primary amides is 1. The van der Waals surface area contributed by atoms with Gasteiger partial charge in [-0.25, -0.2) is 0 Å². The molecule has 0 aliphatic heterocycles. The van der Waals surface area contributed by atoms with Gasteiger partial charge in [0.2, 0.25) is 47.3 Å². The minimum Gasteiger partial charge on any atom is -0.370 e. The van der Waals surface area contributed by atoms with Gasteiger partial charge in [0.05, 0.1) is 6.04 Å². The number of nitrogens with one attached hydrogen (secondary N) is 7. The van der Waals surface area contributed by atoms with E-state index in [1.165, 1.54) is 0 Å². The van der Waals surface area contributed by atoms with Crippen LogP contribution in [0.1, 0.15) is 158 Å². The normalized spacial score (nSPS) is 16.0. The second-order valence-electron chi connectivity index (χ2n) is 19.8. The lowest BCUT2D eigenvalue weighted by molar-refractivity contribution is -0.137. The van der Waals surface area contributed by atoms with Gasteiger partial charge < -0.3 is 83.1 Å². The number of nitrogens with two attached hydrogens (primary N) is 8. The summed E-state index contributed by atoms with van der Waals surface area (Å²) < 4.78 is 0. The minimum absolute atomic E-state index is 0.0418.